The Bertz CT molecular complexity index is 170. The van der Waals surface area contributed by atoms with Gasteiger partial charge < -0.3 is 9.47 Å². The van der Waals surface area contributed by atoms with E-state index in [1.807, 2.05) is 0 Å². The molecule has 0 aromatic carbocycles. The maximum absolute atomic E-state index is 6.09. The topological polar surface area (TPSA) is 18.5 Å². The summed E-state index contributed by atoms with van der Waals surface area (Å²) >= 11 is 0. The fourth-order valence-corrected chi connectivity index (χ4v) is 2.44. The molecule has 1 aliphatic heterocycles. The summed E-state index contributed by atoms with van der Waals surface area (Å²) < 4.78 is 11.5. The molecule has 1 aliphatic rings. The van der Waals surface area contributed by atoms with Crippen LogP contribution in [0.2, 0.25) is 0 Å². The van der Waals surface area contributed by atoms with Crippen LogP contribution in [-0.2, 0) is 9.47 Å². The van der Waals surface area contributed by atoms with Gasteiger partial charge in [0.25, 0.3) is 0 Å². The van der Waals surface area contributed by atoms with Crippen LogP contribution in [0.5, 0.6) is 0 Å². The molecule has 0 saturated carbocycles. The lowest BCUT2D eigenvalue weighted by atomic mass is 9.97. The van der Waals surface area contributed by atoms with Crippen LogP contribution in [0.3, 0.4) is 0 Å². The van der Waals surface area contributed by atoms with Gasteiger partial charge in [-0.05, 0) is 32.6 Å². The number of hydrogen-bond donors (Lipinski definition) is 0. The van der Waals surface area contributed by atoms with Crippen LogP contribution < -0.4 is 0 Å². The zero-order valence-electron chi connectivity index (χ0n) is 11.2. The van der Waals surface area contributed by atoms with Crippen molar-refractivity contribution in [2.24, 2.45) is 0 Å². The standard InChI is InChI=1S/C14H28O2/c1-4-5-6-7-9-13-10-8-11-14(16-13)12(2)15-3/h12-14H,4-11H2,1-3H3/t12-,13+,14+/m0/s1. The van der Waals surface area contributed by atoms with Crippen molar-refractivity contribution < 1.29 is 9.47 Å². The largest absolute Gasteiger partial charge is 0.379 e. The van der Waals surface area contributed by atoms with Gasteiger partial charge in [-0.3, -0.25) is 0 Å². The molecule has 1 heterocycles. The molecule has 0 unspecified atom stereocenters. The highest BCUT2D eigenvalue weighted by atomic mass is 16.5. The van der Waals surface area contributed by atoms with Crippen molar-refractivity contribution in [3.63, 3.8) is 0 Å². The quantitative estimate of drug-likeness (QED) is 0.615. The fraction of sp³-hybridized carbons (Fsp3) is 1.00. The Balaban J connectivity index is 2.17. The van der Waals surface area contributed by atoms with Crippen LogP contribution >= 0.6 is 0 Å². The molecule has 0 amide bonds. The minimum atomic E-state index is 0.249. The molecule has 2 nitrogen and oxygen atoms in total. The van der Waals surface area contributed by atoms with Gasteiger partial charge in [0.05, 0.1) is 18.3 Å². The summed E-state index contributed by atoms with van der Waals surface area (Å²) in [5.41, 5.74) is 0. The highest BCUT2D eigenvalue weighted by Crippen LogP contribution is 2.25. The second-order valence-corrected chi connectivity index (χ2v) is 5.02. The van der Waals surface area contributed by atoms with Crippen molar-refractivity contribution in [2.75, 3.05) is 7.11 Å². The molecule has 16 heavy (non-hydrogen) atoms. The molecule has 1 rings (SSSR count). The van der Waals surface area contributed by atoms with Crippen LogP contribution in [0.4, 0.5) is 0 Å². The van der Waals surface area contributed by atoms with Gasteiger partial charge >= 0.3 is 0 Å². The van der Waals surface area contributed by atoms with E-state index in [4.69, 9.17) is 9.47 Å². The maximum atomic E-state index is 6.09. The lowest BCUT2D eigenvalue weighted by molar-refractivity contribution is -0.112. The van der Waals surface area contributed by atoms with Crippen LogP contribution in [0, 0.1) is 0 Å². The van der Waals surface area contributed by atoms with E-state index in [1.165, 1.54) is 51.4 Å². The predicted molar refractivity (Wildman–Crippen MR) is 67.7 cm³/mol. The van der Waals surface area contributed by atoms with Crippen molar-refractivity contribution in [2.45, 2.75) is 83.5 Å². The summed E-state index contributed by atoms with van der Waals surface area (Å²) in [5.74, 6) is 0. The minimum absolute atomic E-state index is 0.249. The third-order valence-electron chi connectivity index (χ3n) is 3.66. The molecule has 0 aliphatic carbocycles. The summed E-state index contributed by atoms with van der Waals surface area (Å²) in [6, 6.07) is 0. The van der Waals surface area contributed by atoms with E-state index in [2.05, 4.69) is 13.8 Å². The molecule has 0 bridgehead atoms. The molecule has 1 saturated heterocycles. The Morgan fingerprint density at radius 1 is 1.25 bits per heavy atom. The first-order valence-electron chi connectivity index (χ1n) is 6.96. The Hall–Kier alpha value is -0.0800. The summed E-state index contributed by atoms with van der Waals surface area (Å²) in [6.45, 7) is 4.37. The van der Waals surface area contributed by atoms with Crippen LogP contribution in [-0.4, -0.2) is 25.4 Å². The van der Waals surface area contributed by atoms with Gasteiger partial charge in [0.15, 0.2) is 0 Å². The molecule has 96 valence electrons. The Morgan fingerprint density at radius 2 is 2.06 bits per heavy atom. The van der Waals surface area contributed by atoms with Gasteiger partial charge in [-0.2, -0.15) is 0 Å². The van der Waals surface area contributed by atoms with Gasteiger partial charge in [0.1, 0.15) is 0 Å². The second-order valence-electron chi connectivity index (χ2n) is 5.02. The highest BCUT2D eigenvalue weighted by Gasteiger charge is 2.26. The monoisotopic (exact) mass is 228 g/mol. The van der Waals surface area contributed by atoms with Gasteiger partial charge in [-0.15, -0.1) is 0 Å². The van der Waals surface area contributed by atoms with E-state index < -0.39 is 0 Å². The first-order valence-corrected chi connectivity index (χ1v) is 6.96. The number of hydrogen-bond acceptors (Lipinski definition) is 2. The fourth-order valence-electron chi connectivity index (χ4n) is 2.44. The van der Waals surface area contributed by atoms with Crippen molar-refractivity contribution in [3.8, 4) is 0 Å². The van der Waals surface area contributed by atoms with Crippen LogP contribution in [0.1, 0.15) is 65.2 Å². The van der Waals surface area contributed by atoms with E-state index in [0.29, 0.717) is 12.2 Å². The third-order valence-corrected chi connectivity index (χ3v) is 3.66. The highest BCUT2D eigenvalue weighted by molar-refractivity contribution is 4.75. The Kier molecular flexibility index (Phi) is 7.06. The molecular formula is C14H28O2. The number of methoxy groups -OCH3 is 1. The van der Waals surface area contributed by atoms with Crippen molar-refractivity contribution >= 4 is 0 Å². The van der Waals surface area contributed by atoms with E-state index in [-0.39, 0.29) is 6.10 Å². The smallest absolute Gasteiger partial charge is 0.0837 e. The lowest BCUT2D eigenvalue weighted by Crippen LogP contribution is -2.36. The first-order chi connectivity index (χ1) is 7.77. The van der Waals surface area contributed by atoms with Crippen molar-refractivity contribution in [3.05, 3.63) is 0 Å². The zero-order chi connectivity index (χ0) is 11.8. The Labute approximate surface area is 101 Å². The van der Waals surface area contributed by atoms with Crippen LogP contribution in [0.15, 0.2) is 0 Å². The van der Waals surface area contributed by atoms with E-state index in [0.717, 1.165) is 0 Å². The maximum Gasteiger partial charge on any atom is 0.0837 e. The lowest BCUT2D eigenvalue weighted by Gasteiger charge is -2.33. The van der Waals surface area contributed by atoms with Gasteiger partial charge in [0.2, 0.25) is 0 Å². The molecule has 0 radical (unpaired) electrons. The zero-order valence-corrected chi connectivity index (χ0v) is 11.2. The Morgan fingerprint density at radius 3 is 2.75 bits per heavy atom. The summed E-state index contributed by atoms with van der Waals surface area (Å²) in [4.78, 5) is 0. The van der Waals surface area contributed by atoms with Gasteiger partial charge in [0, 0.05) is 7.11 Å². The SMILES string of the molecule is CCCCCC[C@@H]1CCC[C@H]([C@H](C)OC)O1. The molecule has 3 atom stereocenters. The number of unbranched alkanes of at least 4 members (excludes halogenated alkanes) is 3. The van der Waals surface area contributed by atoms with E-state index in [1.54, 1.807) is 7.11 Å². The summed E-state index contributed by atoms with van der Waals surface area (Å²) in [5, 5.41) is 0. The molecule has 0 aromatic heterocycles. The third kappa shape index (κ3) is 4.84. The number of ether oxygens (including phenoxy) is 2. The molecular weight excluding hydrogens is 200 g/mol. The summed E-state index contributed by atoms with van der Waals surface area (Å²) in [7, 11) is 1.78. The predicted octanol–water partition coefficient (Wildman–Crippen LogP) is 3.93. The summed E-state index contributed by atoms with van der Waals surface area (Å²) in [6.07, 6.45) is 11.4. The van der Waals surface area contributed by atoms with Gasteiger partial charge in [-0.1, -0.05) is 32.6 Å². The van der Waals surface area contributed by atoms with E-state index in [9.17, 15) is 0 Å². The normalized spacial score (nSPS) is 27.9. The molecule has 2 heteroatoms. The first kappa shape index (κ1) is 14.0. The van der Waals surface area contributed by atoms with Crippen molar-refractivity contribution in [1.29, 1.82) is 0 Å². The average molecular weight is 228 g/mol. The average Bonchev–Trinajstić information content (AvgIpc) is 2.34. The van der Waals surface area contributed by atoms with Crippen molar-refractivity contribution in [1.82, 2.24) is 0 Å². The molecule has 1 fully saturated rings. The molecule has 0 N–H and O–H groups in total. The second kappa shape index (κ2) is 8.08. The number of rotatable bonds is 7. The minimum Gasteiger partial charge on any atom is -0.379 e. The van der Waals surface area contributed by atoms with E-state index >= 15 is 0 Å². The van der Waals surface area contributed by atoms with Crippen LogP contribution in [0.25, 0.3) is 0 Å². The molecule has 0 spiro atoms. The van der Waals surface area contributed by atoms with Gasteiger partial charge in [-0.25, -0.2) is 0 Å². The molecule has 0 aromatic rings.